The average molecular weight is 283 g/mol. The summed E-state index contributed by atoms with van der Waals surface area (Å²) >= 11 is 7.30. The number of hydrogen-bond donors (Lipinski definition) is 1. The monoisotopic (exact) mass is 282 g/mol. The van der Waals surface area contributed by atoms with Gasteiger partial charge in [-0.2, -0.15) is 0 Å². The second kappa shape index (κ2) is 6.85. The topological polar surface area (TPSA) is 36.4 Å². The Labute approximate surface area is 116 Å². The summed E-state index contributed by atoms with van der Waals surface area (Å²) in [6.45, 7) is 2.38. The molecule has 0 atom stereocenters. The van der Waals surface area contributed by atoms with E-state index in [2.05, 4.69) is 22.0 Å². The Morgan fingerprint density at radius 1 is 1.22 bits per heavy atom. The predicted octanol–water partition coefficient (Wildman–Crippen LogP) is 2.79. The third-order valence-electron chi connectivity index (χ3n) is 2.57. The second-order valence-electron chi connectivity index (χ2n) is 4.00. The van der Waals surface area contributed by atoms with Gasteiger partial charge in [-0.3, -0.25) is 4.90 Å². The van der Waals surface area contributed by atoms with Crippen molar-refractivity contribution >= 4 is 22.9 Å². The molecule has 0 saturated carbocycles. The van der Waals surface area contributed by atoms with Crippen LogP contribution in [0.15, 0.2) is 36.5 Å². The Morgan fingerprint density at radius 2 is 2.00 bits per heavy atom. The van der Waals surface area contributed by atoms with Crippen LogP contribution >= 0.6 is 22.9 Å². The number of aliphatic hydroxyl groups is 1. The van der Waals surface area contributed by atoms with Crippen molar-refractivity contribution in [2.45, 2.75) is 13.1 Å². The first kappa shape index (κ1) is 13.5. The minimum Gasteiger partial charge on any atom is -0.395 e. The molecule has 2 aromatic rings. The van der Waals surface area contributed by atoms with Crippen LogP contribution in [0.3, 0.4) is 0 Å². The van der Waals surface area contributed by atoms with Crippen LogP contribution in [0.5, 0.6) is 0 Å². The Morgan fingerprint density at radius 3 is 2.61 bits per heavy atom. The predicted molar refractivity (Wildman–Crippen MR) is 74.8 cm³/mol. The molecule has 3 nitrogen and oxygen atoms in total. The number of halogens is 1. The molecule has 0 aliphatic rings. The molecule has 1 aromatic carbocycles. The highest BCUT2D eigenvalue weighted by Gasteiger charge is 2.08. The van der Waals surface area contributed by atoms with Crippen molar-refractivity contribution in [1.82, 2.24) is 9.88 Å². The Bertz CT molecular complexity index is 475. The number of hydrogen-bond acceptors (Lipinski definition) is 4. The number of thiazole rings is 1. The summed E-state index contributed by atoms with van der Waals surface area (Å²) in [6.07, 6.45) is 1.79. The van der Waals surface area contributed by atoms with Crippen molar-refractivity contribution in [2.75, 3.05) is 13.2 Å². The third kappa shape index (κ3) is 4.07. The highest BCUT2D eigenvalue weighted by molar-refractivity contribution is 7.15. The van der Waals surface area contributed by atoms with Gasteiger partial charge < -0.3 is 5.11 Å². The van der Waals surface area contributed by atoms with Gasteiger partial charge in [0.2, 0.25) is 0 Å². The zero-order valence-electron chi connectivity index (χ0n) is 9.92. The fourth-order valence-corrected chi connectivity index (χ4v) is 2.79. The van der Waals surface area contributed by atoms with Crippen LogP contribution in [0.1, 0.15) is 10.4 Å². The van der Waals surface area contributed by atoms with Gasteiger partial charge in [-0.05, 0) is 5.56 Å². The summed E-state index contributed by atoms with van der Waals surface area (Å²) in [5.41, 5.74) is 1.24. The van der Waals surface area contributed by atoms with Crippen LogP contribution < -0.4 is 0 Å². The van der Waals surface area contributed by atoms with Gasteiger partial charge in [0, 0.05) is 30.7 Å². The average Bonchev–Trinajstić information content (AvgIpc) is 2.76. The molecule has 18 heavy (non-hydrogen) atoms. The quantitative estimate of drug-likeness (QED) is 0.885. The van der Waals surface area contributed by atoms with E-state index in [0.29, 0.717) is 11.0 Å². The van der Waals surface area contributed by atoms with E-state index in [1.165, 1.54) is 16.9 Å². The van der Waals surface area contributed by atoms with E-state index in [1.807, 2.05) is 18.2 Å². The third-order valence-corrected chi connectivity index (χ3v) is 3.67. The zero-order valence-corrected chi connectivity index (χ0v) is 11.5. The van der Waals surface area contributed by atoms with Crippen LogP contribution in [0.25, 0.3) is 0 Å². The first-order valence-electron chi connectivity index (χ1n) is 5.75. The summed E-state index contributed by atoms with van der Waals surface area (Å²) in [4.78, 5) is 7.33. The number of benzene rings is 1. The van der Waals surface area contributed by atoms with E-state index in [-0.39, 0.29) is 6.61 Å². The lowest BCUT2D eigenvalue weighted by Crippen LogP contribution is -2.25. The zero-order chi connectivity index (χ0) is 12.8. The van der Waals surface area contributed by atoms with E-state index in [1.54, 1.807) is 6.20 Å². The van der Waals surface area contributed by atoms with E-state index < -0.39 is 0 Å². The lowest BCUT2D eigenvalue weighted by atomic mass is 10.2. The van der Waals surface area contributed by atoms with Crippen LogP contribution in [0.2, 0.25) is 4.47 Å². The van der Waals surface area contributed by atoms with Crippen molar-refractivity contribution in [3.63, 3.8) is 0 Å². The summed E-state index contributed by atoms with van der Waals surface area (Å²) in [5, 5.41) is 9.12. The molecule has 5 heteroatoms. The molecule has 0 saturated heterocycles. The van der Waals surface area contributed by atoms with Gasteiger partial charge in [0.05, 0.1) is 6.61 Å². The SMILES string of the molecule is OCCN(Cc1ccccc1)Cc1cnc(Cl)s1. The molecule has 1 N–H and O–H groups in total. The molecule has 1 heterocycles. The van der Waals surface area contributed by atoms with Gasteiger partial charge in [0.15, 0.2) is 4.47 Å². The van der Waals surface area contributed by atoms with Crippen molar-refractivity contribution in [3.8, 4) is 0 Å². The maximum atomic E-state index is 9.12. The van der Waals surface area contributed by atoms with Gasteiger partial charge in [0.1, 0.15) is 0 Å². The van der Waals surface area contributed by atoms with Gasteiger partial charge in [0.25, 0.3) is 0 Å². The van der Waals surface area contributed by atoms with Crippen LogP contribution in [-0.2, 0) is 13.1 Å². The molecule has 0 aliphatic carbocycles. The molecule has 0 bridgehead atoms. The van der Waals surface area contributed by atoms with Crippen molar-refractivity contribution in [2.24, 2.45) is 0 Å². The normalized spacial score (nSPS) is 11.1. The van der Waals surface area contributed by atoms with E-state index in [9.17, 15) is 0 Å². The fourth-order valence-electron chi connectivity index (χ4n) is 1.77. The molecule has 0 spiro atoms. The highest BCUT2D eigenvalue weighted by atomic mass is 35.5. The summed E-state index contributed by atoms with van der Waals surface area (Å²) in [6, 6.07) is 10.2. The maximum Gasteiger partial charge on any atom is 0.183 e. The summed E-state index contributed by atoms with van der Waals surface area (Å²) in [7, 11) is 0. The standard InChI is InChI=1S/C13H15ClN2OS/c14-13-15-8-12(18-13)10-16(6-7-17)9-11-4-2-1-3-5-11/h1-5,8,17H,6-7,9-10H2. The molecule has 0 radical (unpaired) electrons. The molecular weight excluding hydrogens is 268 g/mol. The van der Waals surface area contributed by atoms with Crippen LogP contribution in [0.4, 0.5) is 0 Å². The lowest BCUT2D eigenvalue weighted by Gasteiger charge is -2.20. The molecule has 0 unspecified atom stereocenters. The smallest absolute Gasteiger partial charge is 0.183 e. The number of aromatic nitrogens is 1. The first-order valence-corrected chi connectivity index (χ1v) is 6.94. The van der Waals surface area contributed by atoms with E-state index >= 15 is 0 Å². The minimum absolute atomic E-state index is 0.152. The Hall–Kier alpha value is -0.940. The van der Waals surface area contributed by atoms with Gasteiger partial charge in [-0.25, -0.2) is 4.98 Å². The number of rotatable bonds is 6. The maximum absolute atomic E-state index is 9.12. The van der Waals surface area contributed by atoms with Gasteiger partial charge in [-0.15, -0.1) is 11.3 Å². The van der Waals surface area contributed by atoms with Crippen LogP contribution in [0, 0.1) is 0 Å². The lowest BCUT2D eigenvalue weighted by molar-refractivity contribution is 0.185. The molecule has 96 valence electrons. The fraction of sp³-hybridized carbons (Fsp3) is 0.308. The number of nitrogens with zero attached hydrogens (tertiary/aromatic N) is 2. The number of aliphatic hydroxyl groups excluding tert-OH is 1. The van der Waals surface area contributed by atoms with Crippen molar-refractivity contribution in [3.05, 3.63) is 51.4 Å². The first-order chi connectivity index (χ1) is 8.78. The van der Waals surface area contributed by atoms with E-state index in [0.717, 1.165) is 18.0 Å². The Kier molecular flexibility index (Phi) is 5.13. The van der Waals surface area contributed by atoms with E-state index in [4.69, 9.17) is 16.7 Å². The summed E-state index contributed by atoms with van der Waals surface area (Å²) < 4.78 is 0.564. The largest absolute Gasteiger partial charge is 0.395 e. The molecule has 0 amide bonds. The van der Waals surface area contributed by atoms with Gasteiger partial charge >= 0.3 is 0 Å². The summed E-state index contributed by atoms with van der Waals surface area (Å²) in [5.74, 6) is 0. The second-order valence-corrected chi connectivity index (χ2v) is 5.70. The van der Waals surface area contributed by atoms with Crippen molar-refractivity contribution in [1.29, 1.82) is 0 Å². The molecule has 2 rings (SSSR count). The highest BCUT2D eigenvalue weighted by Crippen LogP contribution is 2.20. The molecule has 1 aromatic heterocycles. The van der Waals surface area contributed by atoms with Gasteiger partial charge in [-0.1, -0.05) is 41.9 Å². The minimum atomic E-state index is 0.152. The molecule has 0 aliphatic heterocycles. The van der Waals surface area contributed by atoms with Crippen LogP contribution in [-0.4, -0.2) is 28.1 Å². The Balaban J connectivity index is 1.99. The molecular formula is C13H15ClN2OS. The van der Waals surface area contributed by atoms with Crippen molar-refractivity contribution < 1.29 is 5.11 Å². The molecule has 0 fully saturated rings.